The van der Waals surface area contributed by atoms with Crippen LogP contribution in [-0.4, -0.2) is 17.2 Å². The zero-order chi connectivity index (χ0) is 14.2. The van der Waals surface area contributed by atoms with Crippen LogP contribution in [0, 0.1) is 0 Å². The van der Waals surface area contributed by atoms with E-state index in [1.54, 1.807) is 5.57 Å². The van der Waals surface area contributed by atoms with Crippen molar-refractivity contribution in [3.05, 3.63) is 46.1 Å². The summed E-state index contributed by atoms with van der Waals surface area (Å²) in [6.07, 6.45) is 9.83. The maximum absolute atomic E-state index is 6.15. The molecule has 0 saturated heterocycles. The molecule has 1 aliphatic carbocycles. The Morgan fingerprint density at radius 2 is 1.95 bits per heavy atom. The Labute approximate surface area is 129 Å². The highest BCUT2D eigenvalue weighted by molar-refractivity contribution is 6.31. The fourth-order valence-corrected chi connectivity index (χ4v) is 3.70. The number of hydrogen-bond acceptors (Lipinski definition) is 1. The lowest BCUT2D eigenvalue weighted by atomic mass is 9.92. The molecule has 2 nitrogen and oxygen atoms in total. The zero-order valence-electron chi connectivity index (χ0n) is 12.1. The fraction of sp³-hybridized carbons (Fsp3) is 0.389. The molecule has 1 aliphatic heterocycles. The Morgan fingerprint density at radius 3 is 2.81 bits per heavy atom. The lowest BCUT2D eigenvalue weighted by Gasteiger charge is -2.16. The van der Waals surface area contributed by atoms with E-state index in [2.05, 4.69) is 23.2 Å². The highest BCUT2D eigenvalue weighted by Gasteiger charge is 2.19. The van der Waals surface area contributed by atoms with Crippen LogP contribution in [0.5, 0.6) is 0 Å². The second-order valence-electron chi connectivity index (χ2n) is 6.05. The number of H-pyrrole nitrogens is 1. The van der Waals surface area contributed by atoms with Gasteiger partial charge < -0.3 is 4.98 Å². The van der Waals surface area contributed by atoms with Crippen molar-refractivity contribution in [1.82, 2.24) is 4.98 Å². The minimum atomic E-state index is 0.805. The summed E-state index contributed by atoms with van der Waals surface area (Å²) in [5, 5.41) is 2.06. The van der Waals surface area contributed by atoms with Crippen molar-refractivity contribution in [2.75, 3.05) is 6.54 Å². The number of halogens is 1. The van der Waals surface area contributed by atoms with Crippen molar-refractivity contribution >= 4 is 28.2 Å². The number of fused-ring (bicyclic) bond motifs is 3. The molecule has 1 N–H and O–H groups in total. The first-order valence-corrected chi connectivity index (χ1v) is 8.23. The van der Waals surface area contributed by atoms with E-state index >= 15 is 0 Å². The Kier molecular flexibility index (Phi) is 3.34. The molecule has 0 atom stereocenters. The second kappa shape index (κ2) is 5.34. The van der Waals surface area contributed by atoms with Crippen molar-refractivity contribution in [3.63, 3.8) is 0 Å². The summed E-state index contributed by atoms with van der Waals surface area (Å²) in [6.45, 7) is 0.881. The molecule has 4 rings (SSSR count). The molecule has 0 radical (unpaired) electrons. The number of nitrogens with zero attached hydrogens (tertiary/aromatic N) is 1. The maximum Gasteiger partial charge on any atom is 0.0811 e. The van der Waals surface area contributed by atoms with Crippen LogP contribution in [0.1, 0.15) is 43.4 Å². The van der Waals surface area contributed by atoms with E-state index in [1.807, 2.05) is 6.07 Å². The van der Waals surface area contributed by atoms with Gasteiger partial charge in [-0.1, -0.05) is 23.6 Å². The molecule has 0 amide bonds. The largest absolute Gasteiger partial charge is 0.353 e. The van der Waals surface area contributed by atoms with Gasteiger partial charge in [-0.3, -0.25) is 4.99 Å². The number of nitrogens with one attached hydrogen (secondary N) is 1. The Bertz CT molecular complexity index is 744. The van der Waals surface area contributed by atoms with Crippen LogP contribution in [0.25, 0.3) is 10.9 Å². The lowest BCUT2D eigenvalue weighted by Crippen LogP contribution is -2.11. The highest BCUT2D eigenvalue weighted by atomic mass is 35.5. The van der Waals surface area contributed by atoms with E-state index in [-0.39, 0.29) is 0 Å². The van der Waals surface area contributed by atoms with E-state index in [9.17, 15) is 0 Å². The molecular weight excluding hydrogens is 280 g/mol. The Morgan fingerprint density at radius 1 is 1.10 bits per heavy atom. The number of aliphatic imine (C=N–C) groups is 1. The Balaban J connectivity index is 1.79. The van der Waals surface area contributed by atoms with Crippen LogP contribution in [0.4, 0.5) is 0 Å². The van der Waals surface area contributed by atoms with Gasteiger partial charge in [0, 0.05) is 22.5 Å². The topological polar surface area (TPSA) is 28.1 Å². The minimum Gasteiger partial charge on any atom is -0.353 e. The average Bonchev–Trinajstić information content (AvgIpc) is 2.88. The first-order chi connectivity index (χ1) is 10.3. The van der Waals surface area contributed by atoms with Crippen molar-refractivity contribution in [2.24, 2.45) is 4.99 Å². The van der Waals surface area contributed by atoms with Gasteiger partial charge >= 0.3 is 0 Å². The van der Waals surface area contributed by atoms with E-state index < -0.39 is 0 Å². The molecule has 1 saturated carbocycles. The smallest absolute Gasteiger partial charge is 0.0811 e. The molecule has 108 valence electrons. The Hall–Kier alpha value is -1.54. The van der Waals surface area contributed by atoms with Gasteiger partial charge in [0.15, 0.2) is 0 Å². The van der Waals surface area contributed by atoms with Crippen LogP contribution in [-0.2, 0) is 6.42 Å². The van der Waals surface area contributed by atoms with Crippen molar-refractivity contribution < 1.29 is 0 Å². The number of aromatic nitrogens is 1. The summed E-state index contributed by atoms with van der Waals surface area (Å²) in [7, 11) is 0. The summed E-state index contributed by atoms with van der Waals surface area (Å²) in [5.41, 5.74) is 6.45. The predicted molar refractivity (Wildman–Crippen MR) is 89.6 cm³/mol. The standard InChI is InChI=1S/C18H19ClN2/c19-13-6-7-16-15(11-13)14-8-9-20-17(18(14)21-16)10-12-4-2-1-3-5-12/h6-7,10-11,21H,1-5,8-9H2. The third-order valence-corrected chi connectivity index (χ3v) is 4.84. The number of aromatic amines is 1. The third kappa shape index (κ3) is 2.42. The van der Waals surface area contributed by atoms with Crippen molar-refractivity contribution in [1.29, 1.82) is 0 Å². The molecule has 2 aromatic rings. The number of allylic oxidation sites excluding steroid dienone is 2. The first kappa shape index (κ1) is 13.1. The molecule has 3 heteroatoms. The monoisotopic (exact) mass is 298 g/mol. The molecule has 21 heavy (non-hydrogen) atoms. The maximum atomic E-state index is 6.15. The van der Waals surface area contributed by atoms with Crippen LogP contribution in [0.3, 0.4) is 0 Å². The van der Waals surface area contributed by atoms with Crippen LogP contribution < -0.4 is 0 Å². The molecule has 1 fully saturated rings. The number of benzene rings is 1. The van der Waals surface area contributed by atoms with E-state index in [4.69, 9.17) is 16.6 Å². The second-order valence-corrected chi connectivity index (χ2v) is 6.49. The van der Waals surface area contributed by atoms with Gasteiger partial charge in [0.2, 0.25) is 0 Å². The van der Waals surface area contributed by atoms with Crippen molar-refractivity contribution in [2.45, 2.75) is 38.5 Å². The SMILES string of the molecule is Clc1ccc2[nH]c3c(c2c1)CCN=C3C=C1CCCCC1. The van der Waals surface area contributed by atoms with Gasteiger partial charge in [-0.05, 0) is 61.9 Å². The van der Waals surface area contributed by atoms with Crippen molar-refractivity contribution in [3.8, 4) is 0 Å². The summed E-state index contributed by atoms with van der Waals surface area (Å²) in [5.74, 6) is 0. The molecule has 0 unspecified atom stereocenters. The molecule has 2 aliphatic rings. The number of hydrogen-bond donors (Lipinski definition) is 1. The van der Waals surface area contributed by atoms with Gasteiger partial charge in [-0.25, -0.2) is 0 Å². The molecule has 1 aromatic heterocycles. The van der Waals surface area contributed by atoms with E-state index in [0.29, 0.717) is 0 Å². The van der Waals surface area contributed by atoms with Gasteiger partial charge in [-0.2, -0.15) is 0 Å². The van der Waals surface area contributed by atoms with Crippen LogP contribution in [0.15, 0.2) is 34.8 Å². The molecule has 0 spiro atoms. The third-order valence-electron chi connectivity index (χ3n) is 4.60. The molecule has 2 heterocycles. The average molecular weight is 299 g/mol. The predicted octanol–water partition coefficient (Wildman–Crippen LogP) is 5.06. The quantitative estimate of drug-likeness (QED) is 0.762. The van der Waals surface area contributed by atoms with E-state index in [0.717, 1.165) is 23.7 Å². The highest BCUT2D eigenvalue weighted by Crippen LogP contribution is 2.30. The van der Waals surface area contributed by atoms with Gasteiger partial charge in [0.25, 0.3) is 0 Å². The first-order valence-electron chi connectivity index (χ1n) is 7.85. The summed E-state index contributed by atoms with van der Waals surface area (Å²) in [6, 6.07) is 6.09. The molecule has 1 aromatic carbocycles. The molecule has 0 bridgehead atoms. The van der Waals surface area contributed by atoms with Gasteiger partial charge in [0.1, 0.15) is 0 Å². The fourth-order valence-electron chi connectivity index (χ4n) is 3.53. The van der Waals surface area contributed by atoms with Crippen LogP contribution >= 0.6 is 11.6 Å². The van der Waals surface area contributed by atoms with Gasteiger partial charge in [0.05, 0.1) is 11.4 Å². The normalized spacial score (nSPS) is 18.5. The molecular formula is C18H19ClN2. The zero-order valence-corrected chi connectivity index (χ0v) is 12.8. The lowest BCUT2D eigenvalue weighted by molar-refractivity contribution is 0.599. The van der Waals surface area contributed by atoms with Gasteiger partial charge in [-0.15, -0.1) is 0 Å². The number of rotatable bonds is 1. The summed E-state index contributed by atoms with van der Waals surface area (Å²) >= 11 is 6.15. The minimum absolute atomic E-state index is 0.805. The van der Waals surface area contributed by atoms with Crippen LogP contribution in [0.2, 0.25) is 5.02 Å². The summed E-state index contributed by atoms with van der Waals surface area (Å²) in [4.78, 5) is 8.31. The van der Waals surface area contributed by atoms with E-state index in [1.165, 1.54) is 54.3 Å². The summed E-state index contributed by atoms with van der Waals surface area (Å²) < 4.78 is 0.